The lowest BCUT2D eigenvalue weighted by Crippen LogP contribution is -2.40. The summed E-state index contributed by atoms with van der Waals surface area (Å²) in [6, 6.07) is 16.8. The van der Waals surface area contributed by atoms with Gasteiger partial charge in [-0.2, -0.15) is 5.10 Å². The van der Waals surface area contributed by atoms with E-state index in [0.29, 0.717) is 30.1 Å². The predicted molar refractivity (Wildman–Crippen MR) is 118 cm³/mol. The second-order valence-electron chi connectivity index (χ2n) is 7.46. The molecule has 1 aromatic heterocycles. The molecule has 0 spiro atoms. The summed E-state index contributed by atoms with van der Waals surface area (Å²) in [7, 11) is 0. The molecule has 7 heteroatoms. The van der Waals surface area contributed by atoms with Gasteiger partial charge >= 0.3 is 0 Å². The number of rotatable bonds is 6. The molecule has 0 radical (unpaired) electrons. The van der Waals surface area contributed by atoms with Crippen LogP contribution in [0, 0.1) is 0 Å². The summed E-state index contributed by atoms with van der Waals surface area (Å²) < 4.78 is 7.59. The molecule has 2 aromatic carbocycles. The quantitative estimate of drug-likeness (QED) is 0.619. The number of nitrogens with zero attached hydrogens (tertiary/aromatic N) is 3. The summed E-state index contributed by atoms with van der Waals surface area (Å²) in [5, 5.41) is 4.67. The van der Waals surface area contributed by atoms with Crippen LogP contribution in [0.25, 0.3) is 11.3 Å². The van der Waals surface area contributed by atoms with Gasteiger partial charge < -0.3 is 15.4 Å². The van der Waals surface area contributed by atoms with Gasteiger partial charge in [-0.25, -0.2) is 0 Å². The van der Waals surface area contributed by atoms with Gasteiger partial charge in [0.15, 0.2) is 0 Å². The molecule has 0 saturated carbocycles. The molecule has 1 aliphatic heterocycles. The van der Waals surface area contributed by atoms with Crippen molar-refractivity contribution in [3.63, 3.8) is 0 Å². The Bertz CT molecular complexity index is 1090. The molecule has 1 saturated heterocycles. The van der Waals surface area contributed by atoms with Gasteiger partial charge in [-0.15, -0.1) is 0 Å². The van der Waals surface area contributed by atoms with Crippen LogP contribution in [0.3, 0.4) is 0 Å². The molecule has 0 aliphatic carbocycles. The van der Waals surface area contributed by atoms with E-state index in [-0.39, 0.29) is 11.9 Å². The first kappa shape index (κ1) is 20.4. The Labute approximate surface area is 180 Å². The van der Waals surface area contributed by atoms with Gasteiger partial charge in [0, 0.05) is 24.8 Å². The van der Waals surface area contributed by atoms with Crippen molar-refractivity contribution < 1.29 is 14.3 Å². The number of amides is 2. The molecule has 1 fully saturated rings. The van der Waals surface area contributed by atoms with Crippen LogP contribution in [0.15, 0.2) is 73.4 Å². The highest BCUT2D eigenvalue weighted by atomic mass is 16.5. The number of carbonyl (C=O) groups excluding carboxylic acids is 2. The van der Waals surface area contributed by atoms with Crippen molar-refractivity contribution in [1.82, 2.24) is 14.7 Å². The van der Waals surface area contributed by atoms with Gasteiger partial charge in [0.05, 0.1) is 11.6 Å². The van der Waals surface area contributed by atoms with Crippen LogP contribution in [0.1, 0.15) is 29.2 Å². The topological polar surface area (TPSA) is 90.5 Å². The number of primary amides is 1. The Morgan fingerprint density at radius 1 is 1.10 bits per heavy atom. The molecule has 3 aromatic rings. The van der Waals surface area contributed by atoms with Crippen LogP contribution in [0.2, 0.25) is 0 Å². The normalized spacial score (nSPS) is 16.0. The van der Waals surface area contributed by atoms with E-state index in [1.54, 1.807) is 15.8 Å². The SMILES string of the molecule is C=CC(=O)N1CCCC(n2cc(C(N)=O)c(-c3ccc(Oc4ccccc4)cc3)n2)C1. The number of hydrogen-bond acceptors (Lipinski definition) is 4. The van der Waals surface area contributed by atoms with Crippen LogP contribution >= 0.6 is 0 Å². The minimum Gasteiger partial charge on any atom is -0.457 e. The number of hydrogen-bond donors (Lipinski definition) is 1. The van der Waals surface area contributed by atoms with Crippen LogP contribution in [0.4, 0.5) is 0 Å². The highest BCUT2D eigenvalue weighted by Crippen LogP contribution is 2.29. The zero-order valence-corrected chi connectivity index (χ0v) is 17.1. The van der Waals surface area contributed by atoms with Crippen molar-refractivity contribution in [2.24, 2.45) is 5.73 Å². The minimum atomic E-state index is -0.541. The number of nitrogens with two attached hydrogens (primary N) is 1. The van der Waals surface area contributed by atoms with Gasteiger partial charge in [0.2, 0.25) is 5.91 Å². The number of benzene rings is 2. The highest BCUT2D eigenvalue weighted by molar-refractivity contribution is 5.98. The standard InChI is InChI=1S/C24H24N4O3/c1-2-22(29)27-14-6-7-18(15-27)28-16-21(24(25)30)23(26-28)17-10-12-20(13-11-17)31-19-8-4-3-5-9-19/h2-5,8-13,16,18H,1,6-7,14-15H2,(H2,25,30). The minimum absolute atomic E-state index is 0.0230. The third-order valence-electron chi connectivity index (χ3n) is 5.36. The highest BCUT2D eigenvalue weighted by Gasteiger charge is 2.26. The van der Waals surface area contributed by atoms with E-state index in [1.165, 1.54) is 6.08 Å². The van der Waals surface area contributed by atoms with Gasteiger partial charge in [-0.1, -0.05) is 24.8 Å². The Balaban J connectivity index is 1.58. The van der Waals surface area contributed by atoms with E-state index in [1.807, 2.05) is 54.6 Å². The average Bonchev–Trinajstić information content (AvgIpc) is 3.26. The zero-order valence-electron chi connectivity index (χ0n) is 17.1. The molecule has 2 heterocycles. The molecule has 158 valence electrons. The molecule has 4 rings (SSSR count). The average molecular weight is 416 g/mol. The van der Waals surface area contributed by atoms with Crippen molar-refractivity contribution in [1.29, 1.82) is 0 Å². The summed E-state index contributed by atoms with van der Waals surface area (Å²) in [6.07, 6.45) is 4.73. The Kier molecular flexibility index (Phi) is 5.84. The van der Waals surface area contributed by atoms with Crippen LogP contribution in [0.5, 0.6) is 11.5 Å². The fraction of sp³-hybridized carbons (Fsp3) is 0.208. The predicted octanol–water partition coefficient (Wildman–Crippen LogP) is 3.79. The summed E-state index contributed by atoms with van der Waals surface area (Å²) in [4.78, 5) is 25.8. The summed E-state index contributed by atoms with van der Waals surface area (Å²) in [5.74, 6) is 0.788. The molecule has 1 unspecified atom stereocenters. The third-order valence-corrected chi connectivity index (χ3v) is 5.36. The van der Waals surface area contributed by atoms with Gasteiger partial charge in [0.25, 0.3) is 5.91 Å². The second kappa shape index (κ2) is 8.87. The fourth-order valence-corrected chi connectivity index (χ4v) is 3.78. The van der Waals surface area contributed by atoms with E-state index < -0.39 is 5.91 Å². The molecule has 1 aliphatic rings. The van der Waals surface area contributed by atoms with Crippen molar-refractivity contribution in [3.8, 4) is 22.8 Å². The molecule has 2 amide bonds. The maximum absolute atomic E-state index is 12.1. The summed E-state index contributed by atoms with van der Waals surface area (Å²) in [6.45, 7) is 4.78. The van der Waals surface area contributed by atoms with E-state index in [2.05, 4.69) is 11.7 Å². The summed E-state index contributed by atoms with van der Waals surface area (Å²) >= 11 is 0. The third kappa shape index (κ3) is 4.50. The molecule has 0 bridgehead atoms. The first-order valence-electron chi connectivity index (χ1n) is 10.2. The Morgan fingerprint density at radius 2 is 1.81 bits per heavy atom. The second-order valence-corrected chi connectivity index (χ2v) is 7.46. The molecule has 31 heavy (non-hydrogen) atoms. The van der Waals surface area contributed by atoms with Gasteiger partial charge in [0.1, 0.15) is 17.2 Å². The van der Waals surface area contributed by atoms with Gasteiger partial charge in [-0.3, -0.25) is 14.3 Å². The van der Waals surface area contributed by atoms with Crippen LogP contribution in [-0.2, 0) is 4.79 Å². The molecule has 7 nitrogen and oxygen atoms in total. The number of carbonyl (C=O) groups is 2. The molecular formula is C24H24N4O3. The number of likely N-dealkylation sites (tertiary alicyclic amines) is 1. The lowest BCUT2D eigenvalue weighted by atomic mass is 10.1. The zero-order chi connectivity index (χ0) is 21.8. The number of para-hydroxylation sites is 1. The first-order chi connectivity index (χ1) is 15.0. The van der Waals surface area contributed by atoms with E-state index >= 15 is 0 Å². The summed E-state index contributed by atoms with van der Waals surface area (Å²) in [5.41, 5.74) is 7.27. The Hall–Kier alpha value is -3.87. The lowest BCUT2D eigenvalue weighted by molar-refractivity contribution is -0.127. The number of piperidine rings is 1. The monoisotopic (exact) mass is 416 g/mol. The maximum Gasteiger partial charge on any atom is 0.252 e. The number of ether oxygens (including phenoxy) is 1. The largest absolute Gasteiger partial charge is 0.457 e. The smallest absolute Gasteiger partial charge is 0.252 e. The van der Waals surface area contributed by atoms with Crippen molar-refractivity contribution in [2.45, 2.75) is 18.9 Å². The van der Waals surface area contributed by atoms with Crippen molar-refractivity contribution >= 4 is 11.8 Å². The fourth-order valence-electron chi connectivity index (χ4n) is 3.78. The number of aromatic nitrogens is 2. The molecular weight excluding hydrogens is 392 g/mol. The van der Waals surface area contributed by atoms with Gasteiger partial charge in [-0.05, 0) is 55.3 Å². The van der Waals surface area contributed by atoms with E-state index in [9.17, 15) is 9.59 Å². The van der Waals surface area contributed by atoms with E-state index in [0.717, 1.165) is 24.2 Å². The van der Waals surface area contributed by atoms with E-state index in [4.69, 9.17) is 10.5 Å². The van der Waals surface area contributed by atoms with Crippen molar-refractivity contribution in [3.05, 3.63) is 79.0 Å². The lowest BCUT2D eigenvalue weighted by Gasteiger charge is -2.32. The Morgan fingerprint density at radius 3 is 2.48 bits per heavy atom. The van der Waals surface area contributed by atoms with Crippen LogP contribution in [-0.4, -0.2) is 39.6 Å². The molecule has 2 N–H and O–H groups in total. The first-order valence-corrected chi connectivity index (χ1v) is 10.2. The van der Waals surface area contributed by atoms with Crippen molar-refractivity contribution in [2.75, 3.05) is 13.1 Å². The molecule has 1 atom stereocenters. The maximum atomic E-state index is 12.1. The van der Waals surface area contributed by atoms with Crippen LogP contribution < -0.4 is 10.5 Å².